The summed E-state index contributed by atoms with van der Waals surface area (Å²) in [6, 6.07) is 14.7. The Morgan fingerprint density at radius 2 is 1.89 bits per heavy atom. The smallest absolute Gasteiger partial charge is 0.183 e. The van der Waals surface area contributed by atoms with Gasteiger partial charge in [-0.25, -0.2) is 4.98 Å². The summed E-state index contributed by atoms with van der Waals surface area (Å²) in [6.07, 6.45) is 0. The molecule has 1 aromatic carbocycles. The number of hydrogen-bond donors (Lipinski definition) is 1. The van der Waals surface area contributed by atoms with Crippen LogP contribution < -0.4 is 5.32 Å². The van der Waals surface area contributed by atoms with Gasteiger partial charge in [-0.05, 0) is 39.3 Å². The standard InChI is InChI=1S/C21H22N4OS/c1-13-10-18(16(4)25(13)20-11-14(2)26-24-20)19-12-27-21(23-19)22-15(3)17-8-6-5-7-9-17/h5-12,15H,1-4H3,(H,22,23)/t15-/m1/s1. The average Bonchev–Trinajstić information content (AvgIpc) is 3.35. The van der Waals surface area contributed by atoms with Crippen molar-refractivity contribution >= 4 is 16.5 Å². The van der Waals surface area contributed by atoms with Crippen LogP contribution in [0.5, 0.6) is 0 Å². The Balaban J connectivity index is 1.60. The third-order valence-electron chi connectivity index (χ3n) is 4.70. The van der Waals surface area contributed by atoms with E-state index in [2.05, 4.69) is 71.5 Å². The van der Waals surface area contributed by atoms with Crippen molar-refractivity contribution in [3.8, 4) is 17.1 Å². The van der Waals surface area contributed by atoms with Gasteiger partial charge in [0, 0.05) is 28.4 Å². The largest absolute Gasteiger partial charge is 0.360 e. The van der Waals surface area contributed by atoms with Crippen LogP contribution in [-0.4, -0.2) is 14.7 Å². The first-order chi connectivity index (χ1) is 13.0. The third kappa shape index (κ3) is 3.40. The maximum absolute atomic E-state index is 5.24. The molecule has 0 amide bonds. The molecule has 3 heterocycles. The zero-order chi connectivity index (χ0) is 19.0. The second kappa shape index (κ2) is 7.04. The van der Waals surface area contributed by atoms with Gasteiger partial charge in [-0.1, -0.05) is 35.5 Å². The number of hydrogen-bond acceptors (Lipinski definition) is 5. The number of aromatic nitrogens is 3. The lowest BCUT2D eigenvalue weighted by molar-refractivity contribution is 0.394. The van der Waals surface area contributed by atoms with E-state index >= 15 is 0 Å². The van der Waals surface area contributed by atoms with Crippen LogP contribution in [0.15, 0.2) is 52.4 Å². The fraction of sp³-hybridized carbons (Fsp3) is 0.238. The van der Waals surface area contributed by atoms with Crippen LogP contribution in [0.1, 0.15) is 35.7 Å². The lowest BCUT2D eigenvalue weighted by Gasteiger charge is -2.12. The Labute approximate surface area is 162 Å². The van der Waals surface area contributed by atoms with Crippen LogP contribution in [0, 0.1) is 20.8 Å². The summed E-state index contributed by atoms with van der Waals surface area (Å²) in [5.41, 5.74) is 5.55. The zero-order valence-corrected chi connectivity index (χ0v) is 16.7. The highest BCUT2D eigenvalue weighted by Gasteiger charge is 2.17. The Morgan fingerprint density at radius 1 is 1.11 bits per heavy atom. The second-order valence-electron chi connectivity index (χ2n) is 6.73. The van der Waals surface area contributed by atoms with E-state index in [9.17, 15) is 0 Å². The van der Waals surface area contributed by atoms with Gasteiger partial charge in [0.05, 0.1) is 11.7 Å². The molecule has 0 unspecified atom stereocenters. The molecule has 0 bridgehead atoms. The molecule has 1 N–H and O–H groups in total. The van der Waals surface area contributed by atoms with Gasteiger partial charge in [-0.15, -0.1) is 11.3 Å². The van der Waals surface area contributed by atoms with Gasteiger partial charge in [-0.2, -0.15) is 0 Å². The van der Waals surface area contributed by atoms with Crippen LogP contribution in [0.2, 0.25) is 0 Å². The van der Waals surface area contributed by atoms with Gasteiger partial charge < -0.3 is 9.84 Å². The third-order valence-corrected chi connectivity index (χ3v) is 5.47. The van der Waals surface area contributed by atoms with E-state index in [1.54, 1.807) is 11.3 Å². The molecule has 0 radical (unpaired) electrons. The number of anilines is 1. The van der Waals surface area contributed by atoms with E-state index < -0.39 is 0 Å². The number of nitrogens with one attached hydrogen (secondary N) is 1. The van der Waals surface area contributed by atoms with Crippen molar-refractivity contribution in [1.82, 2.24) is 14.7 Å². The molecule has 0 aliphatic rings. The van der Waals surface area contributed by atoms with Crippen molar-refractivity contribution in [2.24, 2.45) is 0 Å². The van der Waals surface area contributed by atoms with Crippen LogP contribution in [-0.2, 0) is 0 Å². The fourth-order valence-electron chi connectivity index (χ4n) is 3.31. The van der Waals surface area contributed by atoms with E-state index in [1.165, 1.54) is 5.56 Å². The highest BCUT2D eigenvalue weighted by Crippen LogP contribution is 2.32. The molecule has 0 saturated carbocycles. The van der Waals surface area contributed by atoms with E-state index in [-0.39, 0.29) is 6.04 Å². The van der Waals surface area contributed by atoms with E-state index in [0.717, 1.165) is 39.4 Å². The predicted molar refractivity (Wildman–Crippen MR) is 110 cm³/mol. The first kappa shape index (κ1) is 17.5. The number of nitrogens with zero attached hydrogens (tertiary/aromatic N) is 3. The quantitative estimate of drug-likeness (QED) is 0.485. The number of aryl methyl sites for hydroxylation is 2. The highest BCUT2D eigenvalue weighted by molar-refractivity contribution is 7.14. The second-order valence-corrected chi connectivity index (χ2v) is 7.59. The van der Waals surface area contributed by atoms with Gasteiger partial charge in [0.15, 0.2) is 10.9 Å². The minimum Gasteiger partial charge on any atom is -0.360 e. The minimum absolute atomic E-state index is 0.204. The molecule has 4 rings (SSSR count). The van der Waals surface area contributed by atoms with E-state index in [4.69, 9.17) is 9.51 Å². The summed E-state index contributed by atoms with van der Waals surface area (Å²) in [7, 11) is 0. The molecule has 5 nitrogen and oxygen atoms in total. The van der Waals surface area contributed by atoms with Crippen molar-refractivity contribution < 1.29 is 4.52 Å². The number of thiazole rings is 1. The lowest BCUT2D eigenvalue weighted by Crippen LogP contribution is -2.05. The van der Waals surface area contributed by atoms with Gasteiger partial charge in [0.25, 0.3) is 0 Å². The minimum atomic E-state index is 0.204. The summed E-state index contributed by atoms with van der Waals surface area (Å²) < 4.78 is 7.34. The molecule has 138 valence electrons. The summed E-state index contributed by atoms with van der Waals surface area (Å²) >= 11 is 1.63. The Hall–Kier alpha value is -2.86. The highest BCUT2D eigenvalue weighted by atomic mass is 32.1. The summed E-state index contributed by atoms with van der Waals surface area (Å²) in [5.74, 6) is 1.61. The summed E-state index contributed by atoms with van der Waals surface area (Å²) in [4.78, 5) is 4.81. The number of rotatable bonds is 5. The lowest BCUT2D eigenvalue weighted by atomic mass is 10.1. The van der Waals surface area contributed by atoms with Crippen LogP contribution in [0.3, 0.4) is 0 Å². The van der Waals surface area contributed by atoms with Crippen LogP contribution in [0.25, 0.3) is 17.1 Å². The zero-order valence-electron chi connectivity index (χ0n) is 15.9. The van der Waals surface area contributed by atoms with Crippen molar-refractivity contribution in [1.29, 1.82) is 0 Å². The van der Waals surface area contributed by atoms with Crippen molar-refractivity contribution in [3.63, 3.8) is 0 Å². The van der Waals surface area contributed by atoms with Gasteiger partial charge in [-0.3, -0.25) is 4.57 Å². The van der Waals surface area contributed by atoms with Crippen LogP contribution in [0.4, 0.5) is 5.13 Å². The monoisotopic (exact) mass is 378 g/mol. The summed E-state index contributed by atoms with van der Waals surface area (Å²) in [5, 5.41) is 10.7. The molecule has 1 atom stereocenters. The molecule has 0 aliphatic heterocycles. The molecule has 27 heavy (non-hydrogen) atoms. The topological polar surface area (TPSA) is 55.9 Å². The maximum Gasteiger partial charge on any atom is 0.183 e. The molecule has 0 aliphatic carbocycles. The average molecular weight is 379 g/mol. The van der Waals surface area contributed by atoms with Crippen molar-refractivity contribution in [3.05, 3.63) is 70.6 Å². The molecule has 0 spiro atoms. The molecular formula is C21H22N4OS. The molecule has 3 aromatic heterocycles. The Kier molecular flexibility index (Phi) is 4.58. The predicted octanol–water partition coefficient (Wildman–Crippen LogP) is 5.69. The molecular weight excluding hydrogens is 356 g/mol. The van der Waals surface area contributed by atoms with E-state index in [0.29, 0.717) is 0 Å². The normalized spacial score (nSPS) is 12.3. The SMILES string of the molecule is Cc1cc(-n2c(C)cc(-c3csc(N[C@H](C)c4ccccc4)n3)c2C)no1. The summed E-state index contributed by atoms with van der Waals surface area (Å²) in [6.45, 7) is 8.21. The number of benzene rings is 1. The van der Waals surface area contributed by atoms with Crippen molar-refractivity contribution in [2.45, 2.75) is 33.7 Å². The molecule has 0 saturated heterocycles. The first-order valence-electron chi connectivity index (χ1n) is 8.93. The molecule has 0 fully saturated rings. The van der Waals surface area contributed by atoms with Crippen molar-refractivity contribution in [2.75, 3.05) is 5.32 Å². The molecule has 6 heteroatoms. The fourth-order valence-corrected chi connectivity index (χ4v) is 4.11. The van der Waals surface area contributed by atoms with Gasteiger partial charge in [0.1, 0.15) is 5.76 Å². The van der Waals surface area contributed by atoms with Gasteiger partial charge in [0.2, 0.25) is 0 Å². The van der Waals surface area contributed by atoms with Crippen LogP contribution >= 0.6 is 11.3 Å². The first-order valence-corrected chi connectivity index (χ1v) is 9.81. The Bertz CT molecular complexity index is 1060. The van der Waals surface area contributed by atoms with E-state index in [1.807, 2.05) is 19.1 Å². The van der Waals surface area contributed by atoms with Gasteiger partial charge >= 0.3 is 0 Å². The molecule has 4 aromatic rings. The maximum atomic E-state index is 5.24. The Morgan fingerprint density at radius 3 is 2.59 bits per heavy atom.